The van der Waals surface area contributed by atoms with E-state index in [1.807, 2.05) is 0 Å². The second kappa shape index (κ2) is 6.89. The molecule has 0 radical (unpaired) electrons. The molecule has 0 aliphatic heterocycles. The van der Waals surface area contributed by atoms with Gasteiger partial charge in [0.15, 0.2) is 0 Å². The van der Waals surface area contributed by atoms with E-state index in [4.69, 9.17) is 20.4 Å². The summed E-state index contributed by atoms with van der Waals surface area (Å²) < 4.78 is 0. The molecule has 0 saturated carbocycles. The van der Waals surface area contributed by atoms with Crippen molar-refractivity contribution in [2.24, 2.45) is 0 Å². The molecule has 0 amide bonds. The minimum Gasteiger partial charge on any atom is -0.481 e. The third-order valence-electron chi connectivity index (χ3n) is 1.64. The smallest absolute Gasteiger partial charge is 0.335 e. The summed E-state index contributed by atoms with van der Waals surface area (Å²) in [6.07, 6.45) is 1.19. The molecule has 0 heterocycles. The largest absolute Gasteiger partial charge is 0.481 e. The summed E-state index contributed by atoms with van der Waals surface area (Å²) in [6.45, 7) is 1.54. The van der Waals surface area contributed by atoms with E-state index in [0.29, 0.717) is 0 Å². The van der Waals surface area contributed by atoms with E-state index in [2.05, 4.69) is 0 Å². The van der Waals surface area contributed by atoms with Crippen molar-refractivity contribution in [1.29, 1.82) is 0 Å². The Morgan fingerprint density at radius 2 is 1.12 bits per heavy atom. The Kier molecular flexibility index (Phi) is 5.87. The lowest BCUT2D eigenvalue weighted by molar-refractivity contribution is 0.0681. The van der Waals surface area contributed by atoms with Gasteiger partial charge >= 0.3 is 11.9 Å². The minimum absolute atomic E-state index is 0.0833. The van der Waals surface area contributed by atoms with Crippen molar-refractivity contribution in [3.8, 4) is 0 Å². The summed E-state index contributed by atoms with van der Waals surface area (Å²) in [5.74, 6) is -2.75. The molecule has 0 spiro atoms. The van der Waals surface area contributed by atoms with Gasteiger partial charge in [-0.15, -0.1) is 0 Å². The van der Waals surface area contributed by atoms with Gasteiger partial charge in [0, 0.05) is 0 Å². The highest BCUT2D eigenvalue weighted by Gasteiger charge is 2.04. The van der Waals surface area contributed by atoms with Crippen LogP contribution < -0.4 is 0 Å². The van der Waals surface area contributed by atoms with Crippen LogP contribution in [0.1, 0.15) is 27.6 Å². The number of rotatable bonds is 2. The standard InChI is InChI=1S/C8H6O4.C3H6O2/c9-7(10)5-1-2-6(4-3-5)8(11)12;1-2-3(4)5/h1-4H,(H,9,10)(H,11,12);2,4-5H,1H3. The van der Waals surface area contributed by atoms with Crippen LogP contribution in [-0.4, -0.2) is 32.4 Å². The van der Waals surface area contributed by atoms with E-state index in [9.17, 15) is 9.59 Å². The molecule has 0 aromatic heterocycles. The molecule has 6 nitrogen and oxygen atoms in total. The Bertz CT molecular complexity index is 381. The van der Waals surface area contributed by atoms with Crippen LogP contribution in [0, 0.1) is 0 Å². The predicted octanol–water partition coefficient (Wildman–Crippen LogP) is 2.05. The molecule has 0 aliphatic carbocycles. The minimum atomic E-state index is -1.06. The first-order chi connectivity index (χ1) is 7.88. The number of carboxylic acids is 2. The highest BCUT2D eigenvalue weighted by atomic mass is 16.5. The Morgan fingerprint density at radius 1 is 0.882 bits per heavy atom. The number of allylic oxidation sites excluding steroid dienone is 1. The SMILES string of the molecule is CC=C(O)O.O=C(O)c1ccc(C(=O)O)cc1. The number of benzene rings is 1. The van der Waals surface area contributed by atoms with Gasteiger partial charge in [-0.1, -0.05) is 0 Å². The molecular weight excluding hydrogens is 228 g/mol. The van der Waals surface area contributed by atoms with Crippen LogP contribution in [0.25, 0.3) is 0 Å². The highest BCUT2D eigenvalue weighted by molar-refractivity contribution is 5.91. The lowest BCUT2D eigenvalue weighted by Crippen LogP contribution is -1.99. The van der Waals surface area contributed by atoms with Gasteiger partial charge in [-0.25, -0.2) is 9.59 Å². The monoisotopic (exact) mass is 240 g/mol. The molecule has 4 N–H and O–H groups in total. The molecule has 1 rings (SSSR count). The van der Waals surface area contributed by atoms with Gasteiger partial charge in [0.1, 0.15) is 0 Å². The van der Waals surface area contributed by atoms with Gasteiger partial charge in [-0.05, 0) is 37.3 Å². The molecule has 0 unspecified atom stereocenters. The number of carboxylic acid groups (broad SMARTS) is 2. The Morgan fingerprint density at radius 3 is 1.24 bits per heavy atom. The van der Waals surface area contributed by atoms with Crippen LogP contribution in [0.3, 0.4) is 0 Å². The Balaban J connectivity index is 0.000000437. The molecule has 0 fully saturated rings. The first-order valence-corrected chi connectivity index (χ1v) is 4.49. The lowest BCUT2D eigenvalue weighted by Gasteiger charge is -1.94. The zero-order valence-corrected chi connectivity index (χ0v) is 8.99. The zero-order valence-electron chi connectivity index (χ0n) is 8.99. The van der Waals surface area contributed by atoms with E-state index in [-0.39, 0.29) is 11.1 Å². The topological polar surface area (TPSA) is 115 Å². The summed E-state index contributed by atoms with van der Waals surface area (Å²) >= 11 is 0. The van der Waals surface area contributed by atoms with Gasteiger partial charge in [0.05, 0.1) is 11.1 Å². The van der Waals surface area contributed by atoms with E-state index >= 15 is 0 Å². The van der Waals surface area contributed by atoms with E-state index in [0.717, 1.165) is 0 Å². The Hall–Kier alpha value is -2.50. The normalized spacial score (nSPS) is 8.53. The molecule has 1 aromatic carbocycles. The van der Waals surface area contributed by atoms with E-state index in [1.54, 1.807) is 0 Å². The van der Waals surface area contributed by atoms with Crippen LogP contribution in [0.2, 0.25) is 0 Å². The first kappa shape index (κ1) is 14.5. The third-order valence-corrected chi connectivity index (χ3v) is 1.64. The van der Waals surface area contributed by atoms with Crippen molar-refractivity contribution in [1.82, 2.24) is 0 Å². The van der Waals surface area contributed by atoms with Gasteiger partial charge in [0.2, 0.25) is 0 Å². The van der Waals surface area contributed by atoms with Crippen molar-refractivity contribution < 1.29 is 30.0 Å². The quantitative estimate of drug-likeness (QED) is 0.588. The fourth-order valence-corrected chi connectivity index (χ4v) is 0.755. The van der Waals surface area contributed by atoms with Crippen molar-refractivity contribution in [2.45, 2.75) is 6.92 Å². The summed E-state index contributed by atoms with van der Waals surface area (Å²) in [4.78, 5) is 20.7. The number of hydrogen-bond donors (Lipinski definition) is 4. The van der Waals surface area contributed by atoms with Crippen LogP contribution in [0.15, 0.2) is 36.3 Å². The van der Waals surface area contributed by atoms with Crippen molar-refractivity contribution in [2.75, 3.05) is 0 Å². The number of hydrogen-bond acceptors (Lipinski definition) is 4. The average molecular weight is 240 g/mol. The highest BCUT2D eigenvalue weighted by Crippen LogP contribution is 2.03. The summed E-state index contributed by atoms with van der Waals surface area (Å²) in [6, 6.07) is 5.02. The van der Waals surface area contributed by atoms with Crippen LogP contribution in [0.5, 0.6) is 0 Å². The maximum absolute atomic E-state index is 10.3. The fraction of sp³-hybridized carbons (Fsp3) is 0.0909. The molecule has 0 bridgehead atoms. The summed E-state index contributed by atoms with van der Waals surface area (Å²) in [5, 5.41) is 32.5. The summed E-state index contributed by atoms with van der Waals surface area (Å²) in [5.41, 5.74) is 0.167. The number of carbonyl (C=O) groups is 2. The molecular formula is C11H12O6. The molecule has 0 atom stereocenters. The van der Waals surface area contributed by atoms with Crippen LogP contribution in [0.4, 0.5) is 0 Å². The van der Waals surface area contributed by atoms with E-state index in [1.165, 1.54) is 37.3 Å². The Labute approximate surface area is 97.1 Å². The average Bonchev–Trinajstić information content (AvgIpc) is 2.29. The van der Waals surface area contributed by atoms with E-state index < -0.39 is 17.9 Å². The molecule has 0 saturated heterocycles. The molecule has 0 aliphatic rings. The van der Waals surface area contributed by atoms with Gasteiger partial charge in [-0.3, -0.25) is 0 Å². The maximum Gasteiger partial charge on any atom is 0.335 e. The molecule has 6 heteroatoms. The van der Waals surface area contributed by atoms with Crippen molar-refractivity contribution in [3.63, 3.8) is 0 Å². The second-order valence-corrected chi connectivity index (χ2v) is 2.83. The predicted molar refractivity (Wildman–Crippen MR) is 59.4 cm³/mol. The second-order valence-electron chi connectivity index (χ2n) is 2.83. The number of aliphatic hydroxyl groups excluding tert-OH is 1. The number of aromatic carboxylic acids is 2. The van der Waals surface area contributed by atoms with Crippen LogP contribution >= 0.6 is 0 Å². The first-order valence-electron chi connectivity index (χ1n) is 4.49. The van der Waals surface area contributed by atoms with Crippen LogP contribution in [-0.2, 0) is 0 Å². The third kappa shape index (κ3) is 5.83. The van der Waals surface area contributed by atoms with Crippen molar-refractivity contribution >= 4 is 11.9 Å². The molecule has 1 aromatic rings. The molecule has 92 valence electrons. The fourth-order valence-electron chi connectivity index (χ4n) is 0.755. The van der Waals surface area contributed by atoms with Crippen molar-refractivity contribution in [3.05, 3.63) is 47.4 Å². The molecule has 17 heavy (non-hydrogen) atoms. The van der Waals surface area contributed by atoms with Gasteiger partial charge in [-0.2, -0.15) is 0 Å². The van der Waals surface area contributed by atoms with Gasteiger partial charge < -0.3 is 20.4 Å². The lowest BCUT2D eigenvalue weighted by atomic mass is 10.1. The maximum atomic E-state index is 10.3. The van der Waals surface area contributed by atoms with Gasteiger partial charge in [0.25, 0.3) is 5.95 Å². The number of aliphatic hydroxyl groups is 2. The summed E-state index contributed by atoms with van der Waals surface area (Å²) in [7, 11) is 0. The zero-order chi connectivity index (χ0) is 13.4.